The molecule has 160 valence electrons. The molecule has 6 nitrogen and oxygen atoms in total. The number of ether oxygens (including phenoxy) is 5. The Kier molecular flexibility index (Phi) is 11.7. The third-order valence-corrected chi connectivity index (χ3v) is 5.24. The summed E-state index contributed by atoms with van der Waals surface area (Å²) in [6.07, 6.45) is 1.79. The molecule has 0 aliphatic carbocycles. The summed E-state index contributed by atoms with van der Waals surface area (Å²) >= 11 is 0. The molecular weight excluding hydrogens is 398 g/mol. The van der Waals surface area contributed by atoms with Crippen molar-refractivity contribution in [1.82, 2.24) is 0 Å². The number of methoxy groups -OCH3 is 3. The van der Waals surface area contributed by atoms with Crippen molar-refractivity contribution in [2.24, 2.45) is 0 Å². The molecule has 2 rings (SSSR count). The van der Waals surface area contributed by atoms with Gasteiger partial charge < -0.3 is 23.7 Å². The first-order valence-electron chi connectivity index (χ1n) is 9.58. The van der Waals surface area contributed by atoms with E-state index in [2.05, 4.69) is 6.92 Å². The van der Waals surface area contributed by atoms with E-state index in [-0.39, 0.29) is 33.0 Å². The average molecular weight is 428 g/mol. The van der Waals surface area contributed by atoms with Gasteiger partial charge in [-0.1, -0.05) is 13.8 Å². The molecule has 2 aromatic rings. The first-order valence-corrected chi connectivity index (χ1v) is 10.6. The van der Waals surface area contributed by atoms with Crippen LogP contribution in [-0.2, 0) is 0 Å². The predicted molar refractivity (Wildman–Crippen MR) is 124 cm³/mol. The van der Waals surface area contributed by atoms with Crippen LogP contribution in [0.15, 0.2) is 30.3 Å². The van der Waals surface area contributed by atoms with E-state index >= 15 is 0 Å². The fourth-order valence-corrected chi connectivity index (χ4v) is 3.71. The number of hydrogen-bond donors (Lipinski definition) is 0. The van der Waals surface area contributed by atoms with E-state index in [1.165, 1.54) is 14.2 Å². The van der Waals surface area contributed by atoms with Crippen LogP contribution in [0.2, 0.25) is 0 Å². The molecule has 2 aromatic carbocycles. The zero-order valence-electron chi connectivity index (χ0n) is 17.7. The Morgan fingerprint density at radius 2 is 1.37 bits per heavy atom. The Hall–Kier alpha value is -1.86. The third-order valence-electron chi connectivity index (χ3n) is 4.08. The normalized spacial score (nSPS) is 10.4. The molecule has 30 heavy (non-hydrogen) atoms. The third kappa shape index (κ3) is 6.84. The second kappa shape index (κ2) is 13.4. The summed E-state index contributed by atoms with van der Waals surface area (Å²) in [6, 6.07) is 8.96. The minimum atomic E-state index is -0.160. The Labute approximate surface area is 192 Å². The topological polar surface area (TPSA) is 63.2 Å². The van der Waals surface area contributed by atoms with Crippen molar-refractivity contribution in [3.8, 4) is 28.7 Å². The number of rotatable bonds is 12. The second-order valence-corrected chi connectivity index (χ2v) is 7.46. The van der Waals surface area contributed by atoms with E-state index in [4.69, 9.17) is 23.7 Å². The van der Waals surface area contributed by atoms with Crippen LogP contribution in [0.4, 0.5) is 0 Å². The van der Waals surface area contributed by atoms with E-state index in [1.54, 1.807) is 19.2 Å². The molecule has 1 atom stereocenters. The molecule has 0 radical (unpaired) electrons. The van der Waals surface area contributed by atoms with E-state index in [9.17, 15) is 4.79 Å². The van der Waals surface area contributed by atoms with Gasteiger partial charge in [0.1, 0.15) is 34.3 Å². The van der Waals surface area contributed by atoms with Gasteiger partial charge in [0.25, 0.3) is 0 Å². The van der Waals surface area contributed by atoms with Crippen LogP contribution in [0.5, 0.6) is 28.7 Å². The summed E-state index contributed by atoms with van der Waals surface area (Å²) < 4.78 is 27.7. The van der Waals surface area contributed by atoms with Gasteiger partial charge in [-0.05, 0) is 33.6 Å². The van der Waals surface area contributed by atoms with Gasteiger partial charge in [0.05, 0.1) is 34.5 Å². The SMILES string of the molecule is CCCOc1ccc(PC(=O)c2c(OC)cc(OC)cc2OC)c(OCCC)c1.[LiH]. The van der Waals surface area contributed by atoms with E-state index in [0.717, 1.165) is 23.9 Å². The first kappa shape index (κ1) is 26.2. The molecule has 0 aromatic heterocycles. The molecule has 0 aliphatic heterocycles. The fourth-order valence-electron chi connectivity index (χ4n) is 2.66. The maximum absolute atomic E-state index is 13.2. The van der Waals surface area contributed by atoms with Crippen molar-refractivity contribution in [3.05, 3.63) is 35.9 Å². The summed E-state index contributed by atoms with van der Waals surface area (Å²) in [4.78, 5) is 13.2. The summed E-state index contributed by atoms with van der Waals surface area (Å²) in [5.41, 5.74) is 0.284. The fraction of sp³-hybridized carbons (Fsp3) is 0.409. The van der Waals surface area contributed by atoms with Crippen LogP contribution >= 0.6 is 8.58 Å². The average Bonchev–Trinajstić information content (AvgIpc) is 2.75. The van der Waals surface area contributed by atoms with Crippen molar-refractivity contribution < 1.29 is 28.5 Å². The van der Waals surface area contributed by atoms with Crippen molar-refractivity contribution in [1.29, 1.82) is 0 Å². The quantitative estimate of drug-likeness (QED) is 0.379. The summed E-state index contributed by atoms with van der Waals surface area (Å²) in [6.45, 7) is 5.29. The standard InChI is InChI=1S/C22H29O6P.Li.H/c1-6-10-27-15-8-9-20(17(12-15)28-11-7-2)29-22(23)21-18(25-4)13-16(24-3)14-19(21)26-5;;/h8-9,12-14,29H,6-7,10-11H2,1-5H3;;. The summed E-state index contributed by atoms with van der Waals surface area (Å²) in [5, 5.41) is 0.812. The Balaban J connectivity index is 0.00000450. The Bertz CT molecular complexity index is 802. The molecule has 0 amide bonds. The van der Waals surface area contributed by atoms with Crippen LogP contribution in [-0.4, -0.2) is 58.9 Å². The predicted octanol–water partition coefficient (Wildman–Crippen LogP) is 3.79. The van der Waals surface area contributed by atoms with Crippen molar-refractivity contribution in [3.63, 3.8) is 0 Å². The van der Waals surface area contributed by atoms with Gasteiger partial charge in [-0.2, -0.15) is 0 Å². The van der Waals surface area contributed by atoms with E-state index in [1.807, 2.05) is 25.1 Å². The Morgan fingerprint density at radius 3 is 1.90 bits per heavy atom. The van der Waals surface area contributed by atoms with Crippen LogP contribution in [0.3, 0.4) is 0 Å². The number of benzene rings is 2. The number of carbonyl (C=O) groups excluding carboxylic acids is 1. The monoisotopic (exact) mass is 428 g/mol. The zero-order valence-corrected chi connectivity index (χ0v) is 18.7. The molecule has 8 heteroatoms. The summed E-state index contributed by atoms with van der Waals surface area (Å²) in [5.74, 6) is 2.79. The van der Waals surface area contributed by atoms with E-state index < -0.39 is 0 Å². The van der Waals surface area contributed by atoms with E-state index in [0.29, 0.717) is 41.8 Å². The summed E-state index contributed by atoms with van der Waals surface area (Å²) in [7, 11) is 4.43. The zero-order chi connectivity index (χ0) is 21.2. The first-order chi connectivity index (χ1) is 14.1. The van der Waals surface area contributed by atoms with Crippen LogP contribution in [0.1, 0.15) is 37.0 Å². The Morgan fingerprint density at radius 1 is 0.800 bits per heavy atom. The van der Waals surface area contributed by atoms with Crippen molar-refractivity contribution in [2.45, 2.75) is 26.7 Å². The van der Waals surface area contributed by atoms with Gasteiger partial charge in [-0.15, -0.1) is 0 Å². The van der Waals surface area contributed by atoms with Gasteiger partial charge in [-0.25, -0.2) is 0 Å². The molecule has 0 fully saturated rings. The minimum absolute atomic E-state index is 0. The molecule has 0 saturated carbocycles. The van der Waals surface area contributed by atoms with Crippen molar-refractivity contribution >= 4 is 38.3 Å². The van der Waals surface area contributed by atoms with Gasteiger partial charge >= 0.3 is 18.9 Å². The molecule has 0 saturated heterocycles. The van der Waals surface area contributed by atoms with Crippen LogP contribution in [0.25, 0.3) is 0 Å². The second-order valence-electron chi connectivity index (χ2n) is 6.22. The maximum atomic E-state index is 13.2. The molecular formula is C22H30LiO6P. The molecule has 1 unspecified atom stereocenters. The van der Waals surface area contributed by atoms with Crippen LogP contribution < -0.4 is 29.0 Å². The molecule has 0 bridgehead atoms. The van der Waals surface area contributed by atoms with Gasteiger partial charge in [-0.3, -0.25) is 4.79 Å². The molecule has 0 N–H and O–H groups in total. The van der Waals surface area contributed by atoms with Crippen molar-refractivity contribution in [2.75, 3.05) is 34.5 Å². The van der Waals surface area contributed by atoms with Crippen LogP contribution in [0, 0.1) is 0 Å². The number of hydrogen-bond acceptors (Lipinski definition) is 6. The molecule has 0 spiro atoms. The van der Waals surface area contributed by atoms with Gasteiger partial charge in [0, 0.05) is 23.5 Å². The van der Waals surface area contributed by atoms with Gasteiger partial charge in [0.2, 0.25) is 0 Å². The molecule has 0 aliphatic rings. The molecule has 0 heterocycles. The number of carbonyl (C=O) groups is 1. The van der Waals surface area contributed by atoms with Gasteiger partial charge in [0.15, 0.2) is 5.52 Å².